The minimum Gasteiger partial charge on any atom is -0.460 e. The molecule has 0 aromatic carbocycles. The van der Waals surface area contributed by atoms with E-state index < -0.39 is 0 Å². The predicted octanol–water partition coefficient (Wildman–Crippen LogP) is 6.20. The van der Waals surface area contributed by atoms with E-state index in [2.05, 4.69) is 17.6 Å². The molecule has 8 bridgehead atoms. The van der Waals surface area contributed by atoms with Crippen molar-refractivity contribution in [1.82, 2.24) is 4.98 Å². The Morgan fingerprint density at radius 2 is 1.28 bits per heavy atom. The summed E-state index contributed by atoms with van der Waals surface area (Å²) in [6.07, 6.45) is 15.4. The fourth-order valence-electron chi connectivity index (χ4n) is 10.3. The van der Waals surface area contributed by atoms with Crippen LogP contribution in [0.4, 0.5) is 0 Å². The van der Waals surface area contributed by atoms with Crippen LogP contribution in [0.2, 0.25) is 0 Å². The first kappa shape index (κ1) is 23.5. The van der Waals surface area contributed by atoms with Crippen molar-refractivity contribution in [2.24, 2.45) is 46.3 Å². The Morgan fingerprint density at radius 1 is 0.833 bits per heavy atom. The summed E-state index contributed by atoms with van der Waals surface area (Å²) in [4.78, 5) is 31.8. The van der Waals surface area contributed by atoms with Crippen LogP contribution in [0.5, 0.6) is 5.75 Å². The molecule has 0 amide bonds. The molecule has 0 aliphatic heterocycles. The van der Waals surface area contributed by atoms with E-state index in [4.69, 9.17) is 9.47 Å². The molecule has 0 N–H and O–H groups in total. The molecule has 1 aromatic rings. The molecule has 0 unspecified atom stereocenters. The molecule has 8 aliphatic carbocycles. The maximum absolute atomic E-state index is 13.8. The molecule has 1 heterocycles. The summed E-state index contributed by atoms with van der Waals surface area (Å²) in [5.74, 6) is 4.92. The second kappa shape index (κ2) is 8.47. The second-order valence-corrected chi connectivity index (χ2v) is 14.0. The number of carbonyl (C=O) groups excluding carboxylic acids is 2. The normalized spacial score (nSPS) is 41.5. The van der Waals surface area contributed by atoms with Gasteiger partial charge >= 0.3 is 11.9 Å². The summed E-state index contributed by atoms with van der Waals surface area (Å²) >= 11 is 4.53. The highest BCUT2D eigenvalue weighted by Gasteiger charge is 2.57. The number of carbonyl (C=O) groups is 2. The lowest BCUT2D eigenvalue weighted by Crippen LogP contribution is -2.51. The summed E-state index contributed by atoms with van der Waals surface area (Å²) in [5, 5.41) is 0. The number of esters is 2. The van der Waals surface area contributed by atoms with E-state index in [1.165, 1.54) is 38.5 Å². The van der Waals surface area contributed by atoms with Crippen molar-refractivity contribution < 1.29 is 19.1 Å². The summed E-state index contributed by atoms with van der Waals surface area (Å²) in [6, 6.07) is 0. The molecule has 0 spiro atoms. The van der Waals surface area contributed by atoms with Gasteiger partial charge in [0.2, 0.25) is 0 Å². The Labute approximate surface area is 219 Å². The predicted molar refractivity (Wildman–Crippen MR) is 138 cm³/mol. The first-order valence-electron chi connectivity index (χ1n) is 14.3. The molecular weight excluding hydrogens is 470 g/mol. The van der Waals surface area contributed by atoms with Gasteiger partial charge in [-0.05, 0) is 125 Å². The van der Waals surface area contributed by atoms with Crippen LogP contribution in [0.25, 0.3) is 0 Å². The number of hydrogen-bond acceptors (Lipinski definition) is 6. The zero-order valence-corrected chi connectivity index (χ0v) is 22.4. The summed E-state index contributed by atoms with van der Waals surface area (Å²) in [7, 11) is 0. The van der Waals surface area contributed by atoms with Crippen LogP contribution in [0.3, 0.4) is 0 Å². The quantitative estimate of drug-likeness (QED) is 0.365. The van der Waals surface area contributed by atoms with E-state index in [-0.39, 0.29) is 29.4 Å². The maximum atomic E-state index is 13.8. The summed E-state index contributed by atoms with van der Waals surface area (Å²) in [5.41, 5.74) is 1.68. The first-order valence-corrected chi connectivity index (χ1v) is 15.0. The molecule has 8 fully saturated rings. The Kier molecular flexibility index (Phi) is 5.54. The molecule has 0 saturated heterocycles. The number of aromatic nitrogens is 1. The van der Waals surface area contributed by atoms with Crippen LogP contribution in [-0.4, -0.2) is 16.9 Å². The van der Waals surface area contributed by atoms with Crippen molar-refractivity contribution in [3.8, 4) is 5.75 Å². The SMILES string of the molecule is Cc1ncc(CS)c(COC(=O)C23CC4CC(CC(C4)C2)C3)c1OC(=O)C12CC3CC(CC(C3)C1)C2. The highest BCUT2D eigenvalue weighted by atomic mass is 32.1. The minimum atomic E-state index is -0.342. The van der Waals surface area contributed by atoms with Crippen LogP contribution in [-0.2, 0) is 26.7 Å². The smallest absolute Gasteiger partial charge is 0.317 e. The average Bonchev–Trinajstić information content (AvgIpc) is 2.82. The fraction of sp³-hybridized carbons (Fsp3) is 0.767. The van der Waals surface area contributed by atoms with E-state index in [1.807, 2.05) is 6.92 Å². The number of ether oxygens (including phenoxy) is 2. The Bertz CT molecular complexity index is 1030. The Balaban J connectivity index is 1.12. The molecule has 1 aromatic heterocycles. The fourth-order valence-corrected chi connectivity index (χ4v) is 10.6. The van der Waals surface area contributed by atoms with Gasteiger partial charge < -0.3 is 9.47 Å². The lowest BCUT2D eigenvalue weighted by atomic mass is 9.49. The van der Waals surface area contributed by atoms with Crippen molar-refractivity contribution in [3.63, 3.8) is 0 Å². The Hall–Kier alpha value is -1.56. The largest absolute Gasteiger partial charge is 0.460 e. The monoisotopic (exact) mass is 509 g/mol. The number of pyridine rings is 1. The standard InChI is InChI=1S/C30H39NO4S/c1-17-26(35-28(33)30-11-21-5-22(12-30)7-23(6-21)13-30)25(24(16-36)14-31-17)15-34-27(32)29-8-18-2-19(9-29)4-20(3-18)10-29/h14,18-23,36H,2-13,15-16H2,1H3. The van der Waals surface area contributed by atoms with E-state index in [0.717, 1.165) is 49.7 Å². The van der Waals surface area contributed by atoms with Crippen LogP contribution in [0, 0.1) is 53.3 Å². The van der Waals surface area contributed by atoms with Crippen LogP contribution in [0.15, 0.2) is 6.20 Å². The second-order valence-electron chi connectivity index (χ2n) is 13.7. The van der Waals surface area contributed by atoms with Gasteiger partial charge in [-0.3, -0.25) is 14.6 Å². The highest BCUT2D eigenvalue weighted by Crippen LogP contribution is 2.61. The number of thiol groups is 1. The van der Waals surface area contributed by atoms with E-state index in [9.17, 15) is 9.59 Å². The molecule has 8 saturated carbocycles. The van der Waals surface area contributed by atoms with Gasteiger partial charge in [0.15, 0.2) is 5.75 Å². The van der Waals surface area contributed by atoms with Gasteiger partial charge in [-0.2, -0.15) is 12.6 Å². The van der Waals surface area contributed by atoms with Crippen LogP contribution < -0.4 is 4.74 Å². The lowest BCUT2D eigenvalue weighted by Gasteiger charge is -2.55. The molecule has 0 radical (unpaired) electrons. The van der Waals surface area contributed by atoms with Gasteiger partial charge in [0.25, 0.3) is 0 Å². The third-order valence-electron chi connectivity index (χ3n) is 11.1. The van der Waals surface area contributed by atoms with Crippen molar-refractivity contribution in [2.75, 3.05) is 0 Å². The molecule has 8 aliphatic rings. The minimum absolute atomic E-state index is 0.0421. The number of rotatable bonds is 6. The van der Waals surface area contributed by atoms with Crippen molar-refractivity contribution in [3.05, 3.63) is 23.0 Å². The molecule has 0 atom stereocenters. The maximum Gasteiger partial charge on any atom is 0.317 e. The van der Waals surface area contributed by atoms with Gasteiger partial charge in [0, 0.05) is 17.5 Å². The van der Waals surface area contributed by atoms with Gasteiger partial charge in [-0.15, -0.1) is 0 Å². The third kappa shape index (κ3) is 3.75. The van der Waals surface area contributed by atoms with E-state index in [0.29, 0.717) is 52.7 Å². The van der Waals surface area contributed by atoms with Crippen LogP contribution >= 0.6 is 12.6 Å². The molecular formula is C30H39NO4S. The van der Waals surface area contributed by atoms with Gasteiger partial charge in [-0.1, -0.05) is 0 Å². The van der Waals surface area contributed by atoms with Crippen LogP contribution in [0.1, 0.15) is 93.9 Å². The first-order chi connectivity index (χ1) is 17.3. The Morgan fingerprint density at radius 3 is 1.72 bits per heavy atom. The van der Waals surface area contributed by atoms with Crippen molar-refractivity contribution in [2.45, 2.75) is 96.3 Å². The number of hydrogen-bond donors (Lipinski definition) is 1. The van der Waals surface area contributed by atoms with Gasteiger partial charge in [-0.25, -0.2) is 0 Å². The molecule has 6 heteroatoms. The average molecular weight is 510 g/mol. The topological polar surface area (TPSA) is 65.5 Å². The highest BCUT2D eigenvalue weighted by molar-refractivity contribution is 7.79. The summed E-state index contributed by atoms with van der Waals surface area (Å²) < 4.78 is 12.3. The molecule has 194 valence electrons. The van der Waals surface area contributed by atoms with Crippen molar-refractivity contribution in [1.29, 1.82) is 0 Å². The molecule has 36 heavy (non-hydrogen) atoms. The zero-order chi connectivity index (χ0) is 24.7. The van der Waals surface area contributed by atoms with E-state index >= 15 is 0 Å². The van der Waals surface area contributed by atoms with Gasteiger partial charge in [0.05, 0.1) is 16.5 Å². The van der Waals surface area contributed by atoms with E-state index in [1.54, 1.807) is 6.20 Å². The molecule has 9 rings (SSSR count). The lowest BCUT2D eigenvalue weighted by molar-refractivity contribution is -0.173. The summed E-state index contributed by atoms with van der Waals surface area (Å²) in [6.45, 7) is 2.01. The number of nitrogens with zero attached hydrogens (tertiary/aromatic N) is 1. The zero-order valence-electron chi connectivity index (χ0n) is 21.5. The molecule has 5 nitrogen and oxygen atoms in total. The number of aryl methyl sites for hydroxylation is 1. The third-order valence-corrected chi connectivity index (χ3v) is 11.4. The van der Waals surface area contributed by atoms with Gasteiger partial charge in [0.1, 0.15) is 6.61 Å². The van der Waals surface area contributed by atoms with Crippen molar-refractivity contribution >= 4 is 24.6 Å².